The Kier molecular flexibility index (Phi) is 9.10. The molecule has 2 N–H and O–H groups in total. The average Bonchev–Trinajstić information content (AvgIpc) is 2.65. The zero-order chi connectivity index (χ0) is 17.5. The molecule has 0 bridgehead atoms. The molecule has 1 aromatic rings. The molecule has 1 atom stereocenters. The first-order valence-corrected chi connectivity index (χ1v) is 9.43. The Morgan fingerprint density at radius 2 is 1.72 bits per heavy atom. The molecule has 0 aliphatic carbocycles. The van der Waals surface area contributed by atoms with Gasteiger partial charge in [-0.15, -0.1) is 12.4 Å². The standard InChI is InChI=1S/C17H25N3O3S.ClH/c1-23-14-5-3-13(4-6-14)16(21)19-8-10-20(11-9-19)17(22)15(18)7-12-24-2;/h3-6,15H,7-12,18H2,1-2H3;1H. The molecule has 0 spiro atoms. The summed E-state index contributed by atoms with van der Waals surface area (Å²) in [6, 6.07) is 6.63. The van der Waals surface area contributed by atoms with Gasteiger partial charge in [0.15, 0.2) is 0 Å². The van der Waals surface area contributed by atoms with Crippen LogP contribution < -0.4 is 10.5 Å². The lowest BCUT2D eigenvalue weighted by atomic mass is 10.1. The van der Waals surface area contributed by atoms with Crippen molar-refractivity contribution in [3.05, 3.63) is 29.8 Å². The fourth-order valence-corrected chi connectivity index (χ4v) is 3.14. The van der Waals surface area contributed by atoms with Crippen molar-refractivity contribution in [2.45, 2.75) is 12.5 Å². The van der Waals surface area contributed by atoms with Crippen LogP contribution in [0.25, 0.3) is 0 Å². The van der Waals surface area contributed by atoms with Crippen molar-refractivity contribution < 1.29 is 14.3 Å². The van der Waals surface area contributed by atoms with Crippen molar-refractivity contribution >= 4 is 36.0 Å². The van der Waals surface area contributed by atoms with Crippen LogP contribution in [0, 0.1) is 0 Å². The second-order valence-corrected chi connectivity index (χ2v) is 6.72. The Labute approximate surface area is 159 Å². The predicted octanol–water partition coefficient (Wildman–Crippen LogP) is 1.48. The van der Waals surface area contributed by atoms with Crippen molar-refractivity contribution in [2.75, 3.05) is 45.3 Å². The molecule has 1 aliphatic rings. The molecule has 0 radical (unpaired) electrons. The number of benzene rings is 1. The van der Waals surface area contributed by atoms with E-state index in [0.717, 1.165) is 11.5 Å². The van der Waals surface area contributed by atoms with E-state index in [9.17, 15) is 9.59 Å². The van der Waals surface area contributed by atoms with Crippen LogP contribution in [-0.4, -0.2) is 73.0 Å². The van der Waals surface area contributed by atoms with Gasteiger partial charge in [0.25, 0.3) is 5.91 Å². The van der Waals surface area contributed by atoms with E-state index in [4.69, 9.17) is 10.5 Å². The van der Waals surface area contributed by atoms with Crippen LogP contribution in [0.15, 0.2) is 24.3 Å². The van der Waals surface area contributed by atoms with Crippen LogP contribution in [0.3, 0.4) is 0 Å². The van der Waals surface area contributed by atoms with E-state index in [0.29, 0.717) is 38.2 Å². The number of amides is 2. The van der Waals surface area contributed by atoms with Crippen molar-refractivity contribution in [3.63, 3.8) is 0 Å². The molecular formula is C17H26ClN3O3S. The number of nitrogens with zero attached hydrogens (tertiary/aromatic N) is 2. The van der Waals surface area contributed by atoms with Crippen LogP contribution in [-0.2, 0) is 4.79 Å². The highest BCUT2D eigenvalue weighted by molar-refractivity contribution is 7.98. The minimum Gasteiger partial charge on any atom is -0.497 e. The lowest BCUT2D eigenvalue weighted by Crippen LogP contribution is -2.54. The summed E-state index contributed by atoms with van der Waals surface area (Å²) >= 11 is 1.69. The van der Waals surface area contributed by atoms with Crippen molar-refractivity contribution in [3.8, 4) is 5.75 Å². The molecule has 0 saturated carbocycles. The maximum atomic E-state index is 12.5. The first-order chi connectivity index (χ1) is 11.6. The molecule has 1 aliphatic heterocycles. The Hall–Kier alpha value is -1.44. The highest BCUT2D eigenvalue weighted by Crippen LogP contribution is 2.15. The molecule has 2 rings (SSSR count). The van der Waals surface area contributed by atoms with Crippen molar-refractivity contribution in [1.29, 1.82) is 0 Å². The number of nitrogens with two attached hydrogens (primary N) is 1. The molecule has 1 fully saturated rings. The molecule has 1 heterocycles. The van der Waals surface area contributed by atoms with E-state index in [2.05, 4.69) is 0 Å². The van der Waals surface area contributed by atoms with Gasteiger partial charge in [-0.05, 0) is 42.7 Å². The predicted molar refractivity (Wildman–Crippen MR) is 104 cm³/mol. The number of methoxy groups -OCH3 is 1. The Morgan fingerprint density at radius 3 is 2.24 bits per heavy atom. The molecular weight excluding hydrogens is 362 g/mol. The summed E-state index contributed by atoms with van der Waals surface area (Å²) in [4.78, 5) is 28.3. The lowest BCUT2D eigenvalue weighted by molar-refractivity contribution is -0.134. The van der Waals surface area contributed by atoms with Gasteiger partial charge in [-0.1, -0.05) is 0 Å². The average molecular weight is 388 g/mol. The maximum Gasteiger partial charge on any atom is 0.253 e. The Bertz CT molecular complexity index is 563. The van der Waals surface area contributed by atoms with E-state index in [1.807, 2.05) is 6.26 Å². The van der Waals surface area contributed by atoms with Crippen LogP contribution in [0.1, 0.15) is 16.8 Å². The molecule has 25 heavy (non-hydrogen) atoms. The number of carbonyl (C=O) groups is 2. The highest BCUT2D eigenvalue weighted by atomic mass is 35.5. The second kappa shape index (κ2) is 10.5. The zero-order valence-corrected chi connectivity index (χ0v) is 16.3. The second-order valence-electron chi connectivity index (χ2n) is 5.73. The number of hydrogen-bond donors (Lipinski definition) is 1. The molecule has 140 valence electrons. The van der Waals surface area contributed by atoms with Crippen molar-refractivity contribution in [2.24, 2.45) is 5.73 Å². The Morgan fingerprint density at radius 1 is 1.16 bits per heavy atom. The fourth-order valence-electron chi connectivity index (χ4n) is 2.65. The summed E-state index contributed by atoms with van der Waals surface area (Å²) in [5.74, 6) is 1.57. The number of halogens is 1. The van der Waals surface area contributed by atoms with Crippen LogP contribution in [0.5, 0.6) is 5.75 Å². The van der Waals surface area contributed by atoms with Gasteiger partial charge >= 0.3 is 0 Å². The minimum atomic E-state index is -0.443. The van der Waals surface area contributed by atoms with E-state index in [-0.39, 0.29) is 24.2 Å². The van der Waals surface area contributed by atoms with Gasteiger partial charge in [-0.2, -0.15) is 11.8 Å². The highest BCUT2D eigenvalue weighted by Gasteiger charge is 2.27. The third-order valence-corrected chi connectivity index (χ3v) is 4.81. The molecule has 2 amide bonds. The van der Waals surface area contributed by atoms with E-state index >= 15 is 0 Å². The number of carbonyl (C=O) groups excluding carboxylic acids is 2. The summed E-state index contributed by atoms with van der Waals surface area (Å²) < 4.78 is 5.10. The minimum absolute atomic E-state index is 0. The van der Waals surface area contributed by atoms with Gasteiger partial charge in [-0.3, -0.25) is 9.59 Å². The third-order valence-electron chi connectivity index (χ3n) is 4.17. The van der Waals surface area contributed by atoms with E-state index in [1.54, 1.807) is 52.9 Å². The SMILES string of the molecule is COc1ccc(C(=O)N2CCN(C(=O)C(N)CCSC)CC2)cc1.Cl. The van der Waals surface area contributed by atoms with Crippen LogP contribution in [0.2, 0.25) is 0 Å². The topological polar surface area (TPSA) is 75.9 Å². The van der Waals surface area contributed by atoms with Crippen molar-refractivity contribution in [1.82, 2.24) is 9.80 Å². The molecule has 6 nitrogen and oxygen atoms in total. The summed E-state index contributed by atoms with van der Waals surface area (Å²) in [5, 5.41) is 0. The fraction of sp³-hybridized carbons (Fsp3) is 0.529. The van der Waals surface area contributed by atoms with Gasteiger partial charge in [0.05, 0.1) is 13.2 Å². The van der Waals surface area contributed by atoms with Gasteiger partial charge in [-0.25, -0.2) is 0 Å². The Balaban J connectivity index is 0.00000312. The van der Waals surface area contributed by atoms with E-state index < -0.39 is 6.04 Å². The molecule has 1 saturated heterocycles. The monoisotopic (exact) mass is 387 g/mol. The van der Waals surface area contributed by atoms with Gasteiger partial charge in [0.2, 0.25) is 5.91 Å². The van der Waals surface area contributed by atoms with Gasteiger partial charge in [0, 0.05) is 31.7 Å². The summed E-state index contributed by atoms with van der Waals surface area (Å²) in [6.07, 6.45) is 2.69. The van der Waals surface area contributed by atoms with Gasteiger partial charge < -0.3 is 20.3 Å². The maximum absolute atomic E-state index is 12.5. The lowest BCUT2D eigenvalue weighted by Gasteiger charge is -2.36. The summed E-state index contributed by atoms with van der Waals surface area (Å²) in [5.41, 5.74) is 6.58. The molecule has 0 aromatic heterocycles. The molecule has 1 unspecified atom stereocenters. The number of hydrogen-bond acceptors (Lipinski definition) is 5. The number of ether oxygens (including phenoxy) is 1. The van der Waals surface area contributed by atoms with E-state index in [1.165, 1.54) is 0 Å². The summed E-state index contributed by atoms with van der Waals surface area (Å²) in [7, 11) is 1.59. The zero-order valence-electron chi connectivity index (χ0n) is 14.6. The molecule has 8 heteroatoms. The largest absolute Gasteiger partial charge is 0.497 e. The quantitative estimate of drug-likeness (QED) is 0.800. The first-order valence-electron chi connectivity index (χ1n) is 8.03. The number of thioether (sulfide) groups is 1. The number of piperazine rings is 1. The van der Waals surface area contributed by atoms with Crippen LogP contribution >= 0.6 is 24.2 Å². The number of rotatable bonds is 6. The smallest absolute Gasteiger partial charge is 0.253 e. The summed E-state index contributed by atoms with van der Waals surface area (Å²) in [6.45, 7) is 2.14. The first kappa shape index (κ1) is 21.6. The van der Waals surface area contributed by atoms with Crippen LogP contribution in [0.4, 0.5) is 0 Å². The molecule has 1 aromatic carbocycles. The van der Waals surface area contributed by atoms with Gasteiger partial charge in [0.1, 0.15) is 5.75 Å². The normalized spacial score (nSPS) is 15.3. The third kappa shape index (κ3) is 5.80.